The molecule has 0 radical (unpaired) electrons. The number of fused-ring (bicyclic) bond motifs is 1. The van der Waals surface area contributed by atoms with E-state index in [1.165, 1.54) is 0 Å². The Hall–Kier alpha value is -2.73. The van der Waals surface area contributed by atoms with Gasteiger partial charge in [-0.1, -0.05) is 24.3 Å². The van der Waals surface area contributed by atoms with E-state index in [0.29, 0.717) is 5.82 Å². The third-order valence-corrected chi connectivity index (χ3v) is 2.47. The van der Waals surface area contributed by atoms with Crippen LogP contribution >= 0.6 is 0 Å². The fourth-order valence-corrected chi connectivity index (χ4v) is 1.62. The summed E-state index contributed by atoms with van der Waals surface area (Å²) in [6.45, 7) is 0. The van der Waals surface area contributed by atoms with Gasteiger partial charge in [0.2, 0.25) is 5.82 Å². The van der Waals surface area contributed by atoms with Gasteiger partial charge in [0.25, 0.3) is 0 Å². The van der Waals surface area contributed by atoms with Gasteiger partial charge in [0.05, 0.1) is 5.52 Å². The lowest BCUT2D eigenvalue weighted by atomic mass is 10.2. The van der Waals surface area contributed by atoms with Crippen LogP contribution in [0.5, 0.6) is 0 Å². The highest BCUT2D eigenvalue weighted by molar-refractivity contribution is 5.78. The first-order chi connectivity index (χ1) is 8.92. The van der Waals surface area contributed by atoms with Crippen LogP contribution < -0.4 is 0 Å². The molecule has 0 aliphatic rings. The Morgan fingerprint density at radius 1 is 0.778 bits per heavy atom. The van der Waals surface area contributed by atoms with Gasteiger partial charge in [-0.2, -0.15) is 0 Å². The zero-order chi connectivity index (χ0) is 12.2. The maximum atomic E-state index is 4.46. The minimum absolute atomic E-state index is 0.507. The van der Waals surface area contributed by atoms with Gasteiger partial charge >= 0.3 is 0 Å². The minimum atomic E-state index is 0.507. The number of nitrogens with zero attached hydrogens (tertiary/aromatic N) is 3. The lowest BCUT2D eigenvalue weighted by molar-refractivity contribution is 1.13. The van der Waals surface area contributed by atoms with Crippen molar-refractivity contribution < 1.29 is 0 Å². The molecule has 0 amide bonds. The molecule has 0 saturated heterocycles. The summed E-state index contributed by atoms with van der Waals surface area (Å²) in [5.74, 6) is 6.36. The molecule has 0 bridgehead atoms. The van der Waals surface area contributed by atoms with Gasteiger partial charge in [-0.25, -0.2) is 15.0 Å². The molecule has 3 rings (SSSR count). The molecule has 2 aromatic heterocycles. The van der Waals surface area contributed by atoms with Crippen LogP contribution in [-0.2, 0) is 0 Å². The van der Waals surface area contributed by atoms with Gasteiger partial charge in [-0.05, 0) is 30.0 Å². The van der Waals surface area contributed by atoms with Crippen molar-refractivity contribution in [2.75, 3.05) is 0 Å². The Morgan fingerprint density at radius 3 is 2.50 bits per heavy atom. The molecule has 3 aromatic rings. The highest BCUT2D eigenvalue weighted by atomic mass is 14.8. The SMILES string of the molecule is C(#Cc1ncccn1)c1ccc2ccccc2n1. The average molecular weight is 231 g/mol. The van der Waals surface area contributed by atoms with Crippen LogP contribution in [0.1, 0.15) is 11.5 Å². The number of pyridine rings is 1. The van der Waals surface area contributed by atoms with Gasteiger partial charge in [0.1, 0.15) is 5.69 Å². The molecule has 0 atom stereocenters. The van der Waals surface area contributed by atoms with Crippen molar-refractivity contribution in [3.05, 3.63) is 66.4 Å². The number of aromatic nitrogens is 3. The van der Waals surface area contributed by atoms with E-state index in [2.05, 4.69) is 26.8 Å². The standard InChI is InChI=1S/C15H9N3/c1-2-5-14-12(4-1)6-7-13(18-14)8-9-15-16-10-3-11-17-15/h1-7,10-11H. The van der Waals surface area contributed by atoms with Crippen molar-refractivity contribution >= 4 is 10.9 Å². The summed E-state index contributed by atoms with van der Waals surface area (Å²) < 4.78 is 0. The molecular formula is C15H9N3. The summed E-state index contributed by atoms with van der Waals surface area (Å²) in [6.07, 6.45) is 3.34. The largest absolute Gasteiger partial charge is 0.239 e. The predicted molar refractivity (Wildman–Crippen MR) is 69.8 cm³/mol. The summed E-state index contributed by atoms with van der Waals surface area (Å²) in [4.78, 5) is 12.5. The van der Waals surface area contributed by atoms with Crippen LogP contribution in [0.2, 0.25) is 0 Å². The maximum absolute atomic E-state index is 4.46. The molecule has 18 heavy (non-hydrogen) atoms. The summed E-state index contributed by atoms with van der Waals surface area (Å²) in [7, 11) is 0. The normalized spacial score (nSPS) is 9.78. The van der Waals surface area contributed by atoms with Crippen molar-refractivity contribution in [3.8, 4) is 11.8 Å². The molecule has 2 heterocycles. The van der Waals surface area contributed by atoms with E-state index in [4.69, 9.17) is 0 Å². The Morgan fingerprint density at radius 2 is 1.61 bits per heavy atom. The summed E-state index contributed by atoms with van der Waals surface area (Å²) in [5.41, 5.74) is 1.67. The summed E-state index contributed by atoms with van der Waals surface area (Å²) >= 11 is 0. The van der Waals surface area contributed by atoms with Crippen molar-refractivity contribution in [2.24, 2.45) is 0 Å². The van der Waals surface area contributed by atoms with Crippen molar-refractivity contribution in [1.82, 2.24) is 15.0 Å². The summed E-state index contributed by atoms with van der Waals surface area (Å²) in [6, 6.07) is 13.6. The topological polar surface area (TPSA) is 38.7 Å². The average Bonchev–Trinajstić information content (AvgIpc) is 2.46. The molecule has 0 fully saturated rings. The van der Waals surface area contributed by atoms with Gasteiger partial charge in [-0.3, -0.25) is 0 Å². The first-order valence-corrected chi connectivity index (χ1v) is 5.57. The number of rotatable bonds is 0. The molecule has 0 aliphatic heterocycles. The van der Waals surface area contributed by atoms with E-state index >= 15 is 0 Å². The Kier molecular flexibility index (Phi) is 2.69. The molecule has 84 valence electrons. The number of para-hydroxylation sites is 1. The Balaban J connectivity index is 1.99. The van der Waals surface area contributed by atoms with Gasteiger partial charge < -0.3 is 0 Å². The first kappa shape index (κ1) is 10.4. The lowest BCUT2D eigenvalue weighted by Gasteiger charge is -1.96. The second-order valence-electron chi connectivity index (χ2n) is 3.71. The van der Waals surface area contributed by atoms with Gasteiger partial charge in [-0.15, -0.1) is 0 Å². The molecular weight excluding hydrogens is 222 g/mol. The second-order valence-corrected chi connectivity index (χ2v) is 3.71. The van der Waals surface area contributed by atoms with Crippen molar-refractivity contribution in [3.63, 3.8) is 0 Å². The van der Waals surface area contributed by atoms with Crippen LogP contribution in [0.4, 0.5) is 0 Å². The smallest absolute Gasteiger partial charge is 0.205 e. The Labute approximate surface area is 105 Å². The highest BCUT2D eigenvalue weighted by Gasteiger charge is 1.94. The van der Waals surface area contributed by atoms with E-state index in [-0.39, 0.29) is 0 Å². The number of benzene rings is 1. The fraction of sp³-hybridized carbons (Fsp3) is 0. The predicted octanol–water partition coefficient (Wildman–Crippen LogP) is 2.42. The number of hydrogen-bond donors (Lipinski definition) is 0. The van der Waals surface area contributed by atoms with Crippen molar-refractivity contribution in [1.29, 1.82) is 0 Å². The molecule has 0 N–H and O–H groups in total. The monoisotopic (exact) mass is 231 g/mol. The molecule has 3 nitrogen and oxygen atoms in total. The van der Waals surface area contributed by atoms with Gasteiger partial charge in [0, 0.05) is 17.8 Å². The fourth-order valence-electron chi connectivity index (χ4n) is 1.62. The first-order valence-electron chi connectivity index (χ1n) is 5.57. The van der Waals surface area contributed by atoms with Crippen LogP contribution in [0.15, 0.2) is 54.9 Å². The third kappa shape index (κ3) is 2.18. The maximum Gasteiger partial charge on any atom is 0.205 e. The van der Waals surface area contributed by atoms with Gasteiger partial charge in [0.15, 0.2) is 0 Å². The van der Waals surface area contributed by atoms with Crippen LogP contribution in [0.3, 0.4) is 0 Å². The molecule has 0 spiro atoms. The second kappa shape index (κ2) is 4.64. The lowest BCUT2D eigenvalue weighted by Crippen LogP contribution is -1.87. The molecule has 3 heteroatoms. The third-order valence-electron chi connectivity index (χ3n) is 2.47. The van der Waals surface area contributed by atoms with Crippen LogP contribution in [-0.4, -0.2) is 15.0 Å². The molecule has 0 aliphatic carbocycles. The van der Waals surface area contributed by atoms with E-state index in [1.807, 2.05) is 36.4 Å². The van der Waals surface area contributed by atoms with E-state index in [0.717, 1.165) is 16.6 Å². The zero-order valence-electron chi connectivity index (χ0n) is 9.54. The molecule has 0 saturated carbocycles. The van der Waals surface area contributed by atoms with E-state index in [9.17, 15) is 0 Å². The molecule has 0 unspecified atom stereocenters. The zero-order valence-corrected chi connectivity index (χ0v) is 9.54. The Bertz CT molecular complexity index is 740. The number of hydrogen-bond acceptors (Lipinski definition) is 3. The van der Waals surface area contributed by atoms with Crippen LogP contribution in [0, 0.1) is 11.8 Å². The van der Waals surface area contributed by atoms with Crippen molar-refractivity contribution in [2.45, 2.75) is 0 Å². The van der Waals surface area contributed by atoms with E-state index < -0.39 is 0 Å². The quantitative estimate of drug-likeness (QED) is 0.558. The van der Waals surface area contributed by atoms with E-state index in [1.54, 1.807) is 18.5 Å². The van der Waals surface area contributed by atoms with Crippen LogP contribution in [0.25, 0.3) is 10.9 Å². The highest BCUT2D eigenvalue weighted by Crippen LogP contribution is 2.10. The minimum Gasteiger partial charge on any atom is -0.239 e. The summed E-state index contributed by atoms with van der Waals surface area (Å²) in [5, 5.41) is 1.11. The molecule has 1 aromatic carbocycles.